The summed E-state index contributed by atoms with van der Waals surface area (Å²) in [6.45, 7) is 1.82. The summed E-state index contributed by atoms with van der Waals surface area (Å²) in [6, 6.07) is 3.47. The van der Waals surface area contributed by atoms with E-state index < -0.39 is 11.7 Å². The SMILES string of the molecule is CC1CC(=O)Nc2cc(C(F)(F)F)ccc21. The minimum atomic E-state index is -4.37. The second kappa shape index (κ2) is 3.50. The van der Waals surface area contributed by atoms with Gasteiger partial charge in [0, 0.05) is 12.1 Å². The van der Waals surface area contributed by atoms with Gasteiger partial charge in [0.1, 0.15) is 0 Å². The van der Waals surface area contributed by atoms with Crippen LogP contribution < -0.4 is 5.32 Å². The molecule has 0 bridgehead atoms. The summed E-state index contributed by atoms with van der Waals surface area (Å²) < 4.78 is 37.3. The summed E-state index contributed by atoms with van der Waals surface area (Å²) >= 11 is 0. The second-order valence-corrected chi connectivity index (χ2v) is 3.95. The van der Waals surface area contributed by atoms with Gasteiger partial charge in [-0.1, -0.05) is 13.0 Å². The molecule has 1 aromatic carbocycles. The molecule has 0 fully saturated rings. The molecule has 86 valence electrons. The van der Waals surface area contributed by atoms with Gasteiger partial charge < -0.3 is 5.32 Å². The van der Waals surface area contributed by atoms with E-state index in [-0.39, 0.29) is 17.5 Å². The van der Waals surface area contributed by atoms with Crippen LogP contribution in [0.5, 0.6) is 0 Å². The van der Waals surface area contributed by atoms with Crippen LogP contribution in [-0.2, 0) is 11.0 Å². The van der Waals surface area contributed by atoms with Crippen LogP contribution in [0.1, 0.15) is 30.4 Å². The third kappa shape index (κ3) is 1.89. The largest absolute Gasteiger partial charge is 0.416 e. The minimum absolute atomic E-state index is 0.0361. The van der Waals surface area contributed by atoms with E-state index in [2.05, 4.69) is 5.32 Å². The van der Waals surface area contributed by atoms with Gasteiger partial charge in [-0.3, -0.25) is 4.79 Å². The molecule has 16 heavy (non-hydrogen) atoms. The molecule has 5 heteroatoms. The highest BCUT2D eigenvalue weighted by Crippen LogP contribution is 2.37. The summed E-state index contributed by atoms with van der Waals surface area (Å²) in [5.74, 6) is -0.273. The van der Waals surface area contributed by atoms with Gasteiger partial charge in [-0.15, -0.1) is 0 Å². The number of halogens is 3. The second-order valence-electron chi connectivity index (χ2n) is 3.95. The van der Waals surface area contributed by atoms with Crippen LogP contribution in [0.3, 0.4) is 0 Å². The minimum Gasteiger partial charge on any atom is -0.326 e. The van der Waals surface area contributed by atoms with Gasteiger partial charge in [0.05, 0.1) is 5.56 Å². The first-order valence-corrected chi connectivity index (χ1v) is 4.89. The van der Waals surface area contributed by atoms with Crippen LogP contribution in [0.25, 0.3) is 0 Å². The highest BCUT2D eigenvalue weighted by atomic mass is 19.4. The first kappa shape index (κ1) is 11.0. The Morgan fingerprint density at radius 2 is 2.06 bits per heavy atom. The van der Waals surface area contributed by atoms with Gasteiger partial charge >= 0.3 is 6.18 Å². The molecule has 1 aromatic rings. The van der Waals surface area contributed by atoms with Crippen molar-refractivity contribution in [2.45, 2.75) is 25.4 Å². The van der Waals surface area contributed by atoms with Crippen molar-refractivity contribution in [2.24, 2.45) is 0 Å². The average Bonchev–Trinajstić information content (AvgIpc) is 2.15. The summed E-state index contributed by atoms with van der Waals surface area (Å²) in [6.07, 6.45) is -4.06. The van der Waals surface area contributed by atoms with Gasteiger partial charge in [0.25, 0.3) is 0 Å². The number of hydrogen-bond acceptors (Lipinski definition) is 1. The standard InChI is InChI=1S/C11H10F3NO/c1-6-4-10(16)15-9-5-7(11(12,13)14)2-3-8(6)9/h2-3,5-6H,4H2,1H3,(H,15,16). The maximum Gasteiger partial charge on any atom is 0.416 e. The summed E-state index contributed by atoms with van der Waals surface area (Å²) in [4.78, 5) is 11.2. The van der Waals surface area contributed by atoms with E-state index >= 15 is 0 Å². The molecule has 0 saturated carbocycles. The first-order chi connectivity index (χ1) is 7.38. The van der Waals surface area contributed by atoms with Crippen LogP contribution in [0, 0.1) is 0 Å². The third-order valence-electron chi connectivity index (χ3n) is 2.68. The lowest BCUT2D eigenvalue weighted by atomic mass is 9.91. The van der Waals surface area contributed by atoms with Crippen LogP contribution in [0.4, 0.5) is 18.9 Å². The van der Waals surface area contributed by atoms with Gasteiger partial charge in [0.2, 0.25) is 5.91 Å². The molecular formula is C11H10F3NO. The van der Waals surface area contributed by atoms with Gasteiger partial charge in [-0.25, -0.2) is 0 Å². The van der Waals surface area contributed by atoms with Crippen LogP contribution in [0.15, 0.2) is 18.2 Å². The Hall–Kier alpha value is -1.52. The molecule has 1 amide bonds. The highest BCUT2D eigenvalue weighted by Gasteiger charge is 2.32. The van der Waals surface area contributed by atoms with Gasteiger partial charge in [-0.05, 0) is 23.6 Å². The fourth-order valence-corrected chi connectivity index (χ4v) is 1.86. The number of nitrogens with one attached hydrogen (secondary N) is 1. The van der Waals surface area contributed by atoms with E-state index in [0.29, 0.717) is 6.42 Å². The van der Waals surface area contributed by atoms with Gasteiger partial charge in [-0.2, -0.15) is 13.2 Å². The van der Waals surface area contributed by atoms with Gasteiger partial charge in [0.15, 0.2) is 0 Å². The van der Waals surface area contributed by atoms with Crippen molar-refractivity contribution in [3.05, 3.63) is 29.3 Å². The Labute approximate surface area is 90.5 Å². The summed E-state index contributed by atoms with van der Waals surface area (Å²) in [5.41, 5.74) is 0.298. The smallest absolute Gasteiger partial charge is 0.326 e. The normalized spacial score (nSPS) is 20.2. The van der Waals surface area contributed by atoms with Crippen molar-refractivity contribution in [1.29, 1.82) is 0 Å². The van der Waals surface area contributed by atoms with Crippen molar-refractivity contribution in [1.82, 2.24) is 0 Å². The molecule has 1 unspecified atom stereocenters. The molecule has 0 saturated heterocycles. The van der Waals surface area contributed by atoms with E-state index in [1.807, 2.05) is 6.92 Å². The number of alkyl halides is 3. The van der Waals surface area contributed by atoms with Crippen molar-refractivity contribution in [3.63, 3.8) is 0 Å². The molecule has 0 radical (unpaired) electrons. The number of carbonyl (C=O) groups excluding carboxylic acids is 1. The zero-order valence-corrected chi connectivity index (χ0v) is 8.56. The quantitative estimate of drug-likeness (QED) is 0.727. The van der Waals surface area contributed by atoms with Crippen molar-refractivity contribution < 1.29 is 18.0 Å². The molecule has 0 aromatic heterocycles. The molecule has 1 N–H and O–H groups in total. The molecule has 1 aliphatic heterocycles. The first-order valence-electron chi connectivity index (χ1n) is 4.89. The molecular weight excluding hydrogens is 219 g/mol. The van der Waals surface area contributed by atoms with E-state index in [4.69, 9.17) is 0 Å². The lowest BCUT2D eigenvalue weighted by Gasteiger charge is -2.23. The lowest BCUT2D eigenvalue weighted by molar-refractivity contribution is -0.137. The number of rotatable bonds is 0. The molecule has 0 aliphatic carbocycles. The number of amides is 1. The van der Waals surface area contributed by atoms with E-state index in [1.165, 1.54) is 6.07 Å². The van der Waals surface area contributed by atoms with Crippen LogP contribution >= 0.6 is 0 Å². The Balaban J connectivity index is 2.46. The highest BCUT2D eigenvalue weighted by molar-refractivity contribution is 5.94. The molecule has 1 heterocycles. The van der Waals surface area contributed by atoms with Crippen LogP contribution in [0.2, 0.25) is 0 Å². The van der Waals surface area contributed by atoms with Crippen molar-refractivity contribution in [2.75, 3.05) is 5.32 Å². The Morgan fingerprint density at radius 3 is 2.69 bits per heavy atom. The zero-order valence-electron chi connectivity index (χ0n) is 8.56. The maximum absolute atomic E-state index is 12.4. The molecule has 1 atom stereocenters. The monoisotopic (exact) mass is 229 g/mol. The number of anilines is 1. The zero-order chi connectivity index (χ0) is 11.9. The average molecular weight is 229 g/mol. The van der Waals surface area contributed by atoms with E-state index in [0.717, 1.165) is 17.7 Å². The van der Waals surface area contributed by atoms with Crippen molar-refractivity contribution in [3.8, 4) is 0 Å². The molecule has 2 nitrogen and oxygen atoms in total. The number of hydrogen-bond donors (Lipinski definition) is 1. The Morgan fingerprint density at radius 1 is 1.38 bits per heavy atom. The summed E-state index contributed by atoms with van der Waals surface area (Å²) in [5, 5.41) is 2.46. The maximum atomic E-state index is 12.4. The topological polar surface area (TPSA) is 29.1 Å². The Bertz CT molecular complexity index is 439. The fraction of sp³-hybridized carbons (Fsp3) is 0.364. The summed E-state index contributed by atoms with van der Waals surface area (Å²) in [7, 11) is 0. The predicted molar refractivity (Wildman–Crippen MR) is 53.1 cm³/mol. The molecule has 2 rings (SSSR count). The van der Waals surface area contributed by atoms with Crippen molar-refractivity contribution >= 4 is 11.6 Å². The Kier molecular flexibility index (Phi) is 2.40. The van der Waals surface area contributed by atoms with E-state index in [9.17, 15) is 18.0 Å². The predicted octanol–water partition coefficient (Wildman–Crippen LogP) is 3.15. The van der Waals surface area contributed by atoms with E-state index in [1.54, 1.807) is 0 Å². The molecule has 1 aliphatic rings. The lowest BCUT2D eigenvalue weighted by Crippen LogP contribution is -2.22. The number of fused-ring (bicyclic) bond motifs is 1. The number of benzene rings is 1. The third-order valence-corrected chi connectivity index (χ3v) is 2.68. The number of carbonyl (C=O) groups is 1. The fourth-order valence-electron chi connectivity index (χ4n) is 1.86. The molecule has 0 spiro atoms. The van der Waals surface area contributed by atoms with Crippen LogP contribution in [-0.4, -0.2) is 5.91 Å².